The summed E-state index contributed by atoms with van der Waals surface area (Å²) in [5.74, 6) is 0. The zero-order valence-electron chi connectivity index (χ0n) is 9.70. The molecule has 0 aliphatic rings. The number of nitrogens with one attached hydrogen (secondary N) is 2. The third-order valence-electron chi connectivity index (χ3n) is 2.85. The van der Waals surface area contributed by atoms with Gasteiger partial charge in [-0.2, -0.15) is 5.10 Å². The summed E-state index contributed by atoms with van der Waals surface area (Å²) in [4.78, 5) is 0. The quantitative estimate of drug-likeness (QED) is 0.823. The zero-order valence-corrected chi connectivity index (χ0v) is 9.70. The third-order valence-corrected chi connectivity index (χ3v) is 2.85. The molecule has 3 heteroatoms. The summed E-state index contributed by atoms with van der Waals surface area (Å²) in [6.07, 6.45) is 1.78. The maximum Gasteiger partial charge on any atom is 0.0518 e. The number of hydrogen-bond donors (Lipinski definition) is 2. The highest BCUT2D eigenvalue weighted by atomic mass is 15.1. The van der Waals surface area contributed by atoms with Gasteiger partial charge in [0, 0.05) is 18.8 Å². The molecule has 0 spiro atoms. The van der Waals surface area contributed by atoms with Gasteiger partial charge in [-0.15, -0.1) is 0 Å². The van der Waals surface area contributed by atoms with Crippen molar-refractivity contribution in [3.05, 3.63) is 53.3 Å². The first kappa shape index (κ1) is 10.9. The number of aromatic amines is 1. The van der Waals surface area contributed by atoms with Gasteiger partial charge in [-0.1, -0.05) is 24.3 Å². The van der Waals surface area contributed by atoms with Crippen LogP contribution < -0.4 is 5.32 Å². The lowest BCUT2D eigenvalue weighted by atomic mass is 10.1. The van der Waals surface area contributed by atoms with Gasteiger partial charge >= 0.3 is 0 Å². The molecule has 0 saturated carbocycles. The molecule has 0 aliphatic heterocycles. The van der Waals surface area contributed by atoms with E-state index in [2.05, 4.69) is 53.6 Å². The van der Waals surface area contributed by atoms with E-state index in [1.54, 1.807) is 6.20 Å². The molecule has 0 bridgehead atoms. The van der Waals surface area contributed by atoms with Gasteiger partial charge in [0.15, 0.2) is 0 Å². The fourth-order valence-corrected chi connectivity index (χ4v) is 1.69. The van der Waals surface area contributed by atoms with E-state index >= 15 is 0 Å². The number of nitrogens with zero attached hydrogens (tertiary/aromatic N) is 1. The Morgan fingerprint density at radius 3 is 2.81 bits per heavy atom. The highest BCUT2D eigenvalue weighted by Crippen LogP contribution is 2.11. The highest BCUT2D eigenvalue weighted by Gasteiger charge is 2.06. The smallest absolute Gasteiger partial charge is 0.0518 e. The molecule has 2 aromatic rings. The molecule has 0 radical (unpaired) electrons. The van der Waals surface area contributed by atoms with E-state index in [9.17, 15) is 0 Å². The summed E-state index contributed by atoms with van der Waals surface area (Å²) in [7, 11) is 0. The van der Waals surface area contributed by atoms with E-state index < -0.39 is 0 Å². The van der Waals surface area contributed by atoms with E-state index in [1.165, 1.54) is 11.1 Å². The molecule has 1 heterocycles. The van der Waals surface area contributed by atoms with Crippen molar-refractivity contribution in [2.45, 2.75) is 26.4 Å². The van der Waals surface area contributed by atoms with Gasteiger partial charge in [0.2, 0.25) is 0 Å². The average Bonchev–Trinajstić information content (AvgIpc) is 2.81. The minimum atomic E-state index is 0.294. The standard InChI is InChI=1S/C13H17N3/c1-10-5-3-4-6-12(10)9-14-11(2)13-7-8-15-16-13/h3-8,11,14H,9H2,1-2H3,(H,15,16). The van der Waals surface area contributed by atoms with Crippen LogP contribution in [0.3, 0.4) is 0 Å². The molecule has 0 aliphatic carbocycles. The van der Waals surface area contributed by atoms with Crippen LogP contribution in [0.5, 0.6) is 0 Å². The van der Waals surface area contributed by atoms with Crippen LogP contribution in [0.1, 0.15) is 29.8 Å². The lowest BCUT2D eigenvalue weighted by Crippen LogP contribution is -2.18. The van der Waals surface area contributed by atoms with Crippen LogP contribution >= 0.6 is 0 Å². The molecule has 3 nitrogen and oxygen atoms in total. The van der Waals surface area contributed by atoms with Gasteiger partial charge in [0.1, 0.15) is 0 Å². The minimum absolute atomic E-state index is 0.294. The Morgan fingerprint density at radius 2 is 2.12 bits per heavy atom. The van der Waals surface area contributed by atoms with Gasteiger partial charge in [0.05, 0.1) is 5.69 Å². The van der Waals surface area contributed by atoms with Crippen molar-refractivity contribution in [3.8, 4) is 0 Å². The molecule has 2 N–H and O–H groups in total. The van der Waals surface area contributed by atoms with Gasteiger partial charge in [-0.05, 0) is 31.0 Å². The molecule has 1 aromatic carbocycles. The Kier molecular flexibility index (Phi) is 3.37. The Morgan fingerprint density at radius 1 is 1.31 bits per heavy atom. The van der Waals surface area contributed by atoms with Crippen LogP contribution in [-0.2, 0) is 6.54 Å². The molecule has 2 rings (SSSR count). The predicted octanol–water partition coefficient (Wildman–Crippen LogP) is 2.57. The maximum absolute atomic E-state index is 3.95. The van der Waals surface area contributed by atoms with Crippen LogP contribution in [0.2, 0.25) is 0 Å². The van der Waals surface area contributed by atoms with Crippen LogP contribution in [0.4, 0.5) is 0 Å². The Balaban J connectivity index is 1.95. The maximum atomic E-state index is 3.95. The fraction of sp³-hybridized carbons (Fsp3) is 0.308. The predicted molar refractivity (Wildman–Crippen MR) is 65.0 cm³/mol. The second-order valence-electron chi connectivity index (χ2n) is 4.04. The van der Waals surface area contributed by atoms with E-state index in [0.29, 0.717) is 6.04 Å². The van der Waals surface area contributed by atoms with Crippen molar-refractivity contribution < 1.29 is 0 Å². The molecule has 0 fully saturated rings. The normalized spacial score (nSPS) is 12.6. The fourth-order valence-electron chi connectivity index (χ4n) is 1.69. The Bertz CT molecular complexity index is 434. The number of aryl methyl sites for hydroxylation is 1. The minimum Gasteiger partial charge on any atom is -0.305 e. The number of H-pyrrole nitrogens is 1. The van der Waals surface area contributed by atoms with E-state index in [0.717, 1.165) is 12.2 Å². The van der Waals surface area contributed by atoms with Gasteiger partial charge in [-0.25, -0.2) is 0 Å². The summed E-state index contributed by atoms with van der Waals surface area (Å²) in [5, 5.41) is 10.4. The lowest BCUT2D eigenvalue weighted by molar-refractivity contribution is 0.559. The van der Waals surface area contributed by atoms with Crippen molar-refractivity contribution in [1.82, 2.24) is 15.5 Å². The zero-order chi connectivity index (χ0) is 11.4. The topological polar surface area (TPSA) is 40.7 Å². The van der Waals surface area contributed by atoms with Gasteiger partial charge in [-0.3, -0.25) is 5.10 Å². The van der Waals surface area contributed by atoms with Crippen molar-refractivity contribution in [2.24, 2.45) is 0 Å². The number of rotatable bonds is 4. The van der Waals surface area contributed by atoms with Crippen LogP contribution in [-0.4, -0.2) is 10.2 Å². The first-order valence-corrected chi connectivity index (χ1v) is 5.54. The number of aromatic nitrogens is 2. The number of benzene rings is 1. The average molecular weight is 215 g/mol. The summed E-state index contributed by atoms with van der Waals surface area (Å²) < 4.78 is 0. The van der Waals surface area contributed by atoms with E-state index in [4.69, 9.17) is 0 Å². The number of hydrogen-bond acceptors (Lipinski definition) is 2. The lowest BCUT2D eigenvalue weighted by Gasteiger charge is -2.13. The third kappa shape index (κ3) is 2.49. The summed E-state index contributed by atoms with van der Waals surface area (Å²) >= 11 is 0. The molecule has 0 saturated heterocycles. The molecular formula is C13H17N3. The molecule has 0 amide bonds. The van der Waals surface area contributed by atoms with E-state index in [-0.39, 0.29) is 0 Å². The van der Waals surface area contributed by atoms with Crippen molar-refractivity contribution in [3.63, 3.8) is 0 Å². The van der Waals surface area contributed by atoms with Crippen LogP contribution in [0, 0.1) is 6.92 Å². The molecule has 1 aromatic heterocycles. The van der Waals surface area contributed by atoms with E-state index in [1.807, 2.05) is 6.07 Å². The molecule has 16 heavy (non-hydrogen) atoms. The summed E-state index contributed by atoms with van der Waals surface area (Å²) in [6.45, 7) is 5.15. The first-order chi connectivity index (χ1) is 7.77. The second kappa shape index (κ2) is 4.94. The first-order valence-electron chi connectivity index (χ1n) is 5.54. The molecular weight excluding hydrogens is 198 g/mol. The Hall–Kier alpha value is -1.61. The van der Waals surface area contributed by atoms with Crippen molar-refractivity contribution >= 4 is 0 Å². The molecule has 1 unspecified atom stereocenters. The van der Waals surface area contributed by atoms with Crippen molar-refractivity contribution in [1.29, 1.82) is 0 Å². The largest absolute Gasteiger partial charge is 0.305 e. The second-order valence-corrected chi connectivity index (χ2v) is 4.04. The van der Waals surface area contributed by atoms with Crippen LogP contribution in [0.25, 0.3) is 0 Å². The van der Waals surface area contributed by atoms with Crippen LogP contribution in [0.15, 0.2) is 36.5 Å². The molecule has 1 atom stereocenters. The van der Waals surface area contributed by atoms with Gasteiger partial charge in [0.25, 0.3) is 0 Å². The van der Waals surface area contributed by atoms with Gasteiger partial charge < -0.3 is 5.32 Å². The van der Waals surface area contributed by atoms with Crippen molar-refractivity contribution in [2.75, 3.05) is 0 Å². The molecule has 84 valence electrons. The summed E-state index contributed by atoms with van der Waals surface area (Å²) in [6, 6.07) is 10.7. The SMILES string of the molecule is Cc1ccccc1CNC(C)c1ccn[nH]1. The summed E-state index contributed by atoms with van der Waals surface area (Å²) in [5.41, 5.74) is 3.79. The highest BCUT2D eigenvalue weighted by molar-refractivity contribution is 5.25. The monoisotopic (exact) mass is 215 g/mol. The Labute approximate surface area is 95.9 Å².